The molecule has 3 amide bonds. The summed E-state index contributed by atoms with van der Waals surface area (Å²) in [6, 6.07) is 12.5. The molecule has 0 spiro atoms. The van der Waals surface area contributed by atoms with Crippen molar-refractivity contribution in [3.05, 3.63) is 65.5 Å². The molecule has 2 rings (SSSR count). The molecule has 0 heterocycles. The minimum Gasteiger partial charge on any atom is -0.352 e. The summed E-state index contributed by atoms with van der Waals surface area (Å²) >= 11 is 0. The standard InChI is InChI=1S/C18H20FN3O2/c1-2-20-17(23)14-5-9-16(10-6-14)22-18(24)21-12-11-13-3-7-15(19)8-4-13/h3-10H,2,11-12H2,1H3,(H,20,23)(H2,21,22,24). The van der Waals surface area contributed by atoms with Gasteiger partial charge in [-0.1, -0.05) is 12.1 Å². The van der Waals surface area contributed by atoms with Crippen LogP contribution >= 0.6 is 0 Å². The van der Waals surface area contributed by atoms with Gasteiger partial charge in [-0.3, -0.25) is 4.79 Å². The molecule has 0 aliphatic rings. The fraction of sp³-hybridized carbons (Fsp3) is 0.222. The van der Waals surface area contributed by atoms with Crippen LogP contribution < -0.4 is 16.0 Å². The van der Waals surface area contributed by atoms with Gasteiger partial charge in [-0.15, -0.1) is 0 Å². The minimum absolute atomic E-state index is 0.146. The third-order valence-corrected chi connectivity index (χ3v) is 3.35. The van der Waals surface area contributed by atoms with Gasteiger partial charge in [-0.25, -0.2) is 9.18 Å². The highest BCUT2D eigenvalue weighted by Crippen LogP contribution is 2.09. The van der Waals surface area contributed by atoms with E-state index in [2.05, 4.69) is 16.0 Å². The Balaban J connectivity index is 1.77. The van der Waals surface area contributed by atoms with Crippen LogP contribution in [0.3, 0.4) is 0 Å². The zero-order valence-corrected chi connectivity index (χ0v) is 13.4. The molecule has 0 aromatic heterocycles. The van der Waals surface area contributed by atoms with E-state index in [4.69, 9.17) is 0 Å². The molecule has 0 atom stereocenters. The van der Waals surface area contributed by atoms with Gasteiger partial charge in [0.25, 0.3) is 5.91 Å². The molecule has 0 unspecified atom stereocenters. The Bertz CT molecular complexity index is 684. The maximum atomic E-state index is 12.8. The SMILES string of the molecule is CCNC(=O)c1ccc(NC(=O)NCCc2ccc(F)cc2)cc1. The van der Waals surface area contributed by atoms with Crippen molar-refractivity contribution >= 4 is 17.6 Å². The van der Waals surface area contributed by atoms with Gasteiger partial charge in [0.1, 0.15) is 5.82 Å². The first kappa shape index (κ1) is 17.5. The quantitative estimate of drug-likeness (QED) is 0.762. The van der Waals surface area contributed by atoms with Crippen molar-refractivity contribution in [2.75, 3.05) is 18.4 Å². The van der Waals surface area contributed by atoms with Crippen molar-refractivity contribution in [2.24, 2.45) is 0 Å². The number of benzene rings is 2. The number of amides is 3. The van der Waals surface area contributed by atoms with Gasteiger partial charge in [0.05, 0.1) is 0 Å². The normalized spacial score (nSPS) is 10.1. The second kappa shape index (κ2) is 8.67. The van der Waals surface area contributed by atoms with Crippen molar-refractivity contribution < 1.29 is 14.0 Å². The van der Waals surface area contributed by atoms with Crippen LogP contribution in [0.2, 0.25) is 0 Å². The Morgan fingerprint density at radius 1 is 0.958 bits per heavy atom. The lowest BCUT2D eigenvalue weighted by molar-refractivity contribution is 0.0956. The van der Waals surface area contributed by atoms with E-state index >= 15 is 0 Å². The summed E-state index contributed by atoms with van der Waals surface area (Å²) < 4.78 is 12.8. The molecule has 126 valence electrons. The van der Waals surface area contributed by atoms with E-state index in [1.807, 2.05) is 6.92 Å². The third-order valence-electron chi connectivity index (χ3n) is 3.35. The monoisotopic (exact) mass is 329 g/mol. The zero-order valence-electron chi connectivity index (χ0n) is 13.4. The second-order valence-corrected chi connectivity index (χ2v) is 5.19. The summed E-state index contributed by atoms with van der Waals surface area (Å²) in [5, 5.41) is 8.13. The molecule has 2 aromatic rings. The molecule has 0 radical (unpaired) electrons. The molecule has 6 heteroatoms. The Morgan fingerprint density at radius 2 is 1.62 bits per heavy atom. The maximum Gasteiger partial charge on any atom is 0.319 e. The first-order valence-electron chi connectivity index (χ1n) is 7.76. The number of hydrogen-bond donors (Lipinski definition) is 3. The highest BCUT2D eigenvalue weighted by atomic mass is 19.1. The molecule has 0 saturated heterocycles. The van der Waals surface area contributed by atoms with Crippen LogP contribution in [0.5, 0.6) is 0 Å². The third kappa shape index (κ3) is 5.39. The van der Waals surface area contributed by atoms with Crippen LogP contribution in [0.15, 0.2) is 48.5 Å². The largest absolute Gasteiger partial charge is 0.352 e. The van der Waals surface area contributed by atoms with Crippen LogP contribution in [-0.4, -0.2) is 25.0 Å². The van der Waals surface area contributed by atoms with E-state index in [9.17, 15) is 14.0 Å². The molecular formula is C18H20FN3O2. The van der Waals surface area contributed by atoms with Crippen molar-refractivity contribution in [1.29, 1.82) is 0 Å². The number of carbonyl (C=O) groups excluding carboxylic acids is 2. The van der Waals surface area contributed by atoms with Crippen molar-refractivity contribution in [3.63, 3.8) is 0 Å². The van der Waals surface area contributed by atoms with Gasteiger partial charge in [0.2, 0.25) is 0 Å². The molecule has 5 nitrogen and oxygen atoms in total. The minimum atomic E-state index is -0.331. The van der Waals surface area contributed by atoms with E-state index in [-0.39, 0.29) is 17.8 Å². The molecule has 3 N–H and O–H groups in total. The molecular weight excluding hydrogens is 309 g/mol. The highest BCUT2D eigenvalue weighted by Gasteiger charge is 2.05. The average molecular weight is 329 g/mol. The predicted molar refractivity (Wildman–Crippen MR) is 91.6 cm³/mol. The van der Waals surface area contributed by atoms with E-state index in [0.29, 0.717) is 30.8 Å². The van der Waals surface area contributed by atoms with Crippen molar-refractivity contribution in [2.45, 2.75) is 13.3 Å². The number of nitrogens with one attached hydrogen (secondary N) is 3. The van der Waals surface area contributed by atoms with Gasteiger partial charge < -0.3 is 16.0 Å². The number of hydrogen-bond acceptors (Lipinski definition) is 2. The lowest BCUT2D eigenvalue weighted by Crippen LogP contribution is -2.30. The zero-order chi connectivity index (χ0) is 17.4. The predicted octanol–water partition coefficient (Wildman–Crippen LogP) is 2.94. The second-order valence-electron chi connectivity index (χ2n) is 5.19. The summed E-state index contributed by atoms with van der Waals surface area (Å²) in [5.41, 5.74) is 2.09. The molecule has 2 aromatic carbocycles. The van der Waals surface area contributed by atoms with Crippen molar-refractivity contribution in [1.82, 2.24) is 10.6 Å². The summed E-state index contributed by atoms with van der Waals surface area (Å²) in [7, 11) is 0. The van der Waals surface area contributed by atoms with E-state index in [0.717, 1.165) is 5.56 Å². The summed E-state index contributed by atoms with van der Waals surface area (Å²) in [6.07, 6.45) is 0.615. The Hall–Kier alpha value is -2.89. The Labute approximate surface area is 140 Å². The number of halogens is 1. The van der Waals surface area contributed by atoms with E-state index in [1.54, 1.807) is 36.4 Å². The summed E-state index contributed by atoms with van der Waals surface area (Å²) in [5.74, 6) is -0.423. The lowest BCUT2D eigenvalue weighted by atomic mass is 10.1. The van der Waals surface area contributed by atoms with Gasteiger partial charge in [0, 0.05) is 24.3 Å². The van der Waals surface area contributed by atoms with E-state index in [1.165, 1.54) is 12.1 Å². The Morgan fingerprint density at radius 3 is 2.25 bits per heavy atom. The number of rotatable bonds is 6. The fourth-order valence-corrected chi connectivity index (χ4v) is 2.11. The Kier molecular flexibility index (Phi) is 6.31. The van der Waals surface area contributed by atoms with Crippen LogP contribution in [0, 0.1) is 5.82 Å². The maximum absolute atomic E-state index is 12.8. The van der Waals surface area contributed by atoms with Crippen LogP contribution in [-0.2, 0) is 6.42 Å². The van der Waals surface area contributed by atoms with Gasteiger partial charge >= 0.3 is 6.03 Å². The first-order chi connectivity index (χ1) is 11.6. The molecule has 0 saturated carbocycles. The first-order valence-corrected chi connectivity index (χ1v) is 7.76. The number of anilines is 1. The summed E-state index contributed by atoms with van der Waals surface area (Å²) in [4.78, 5) is 23.5. The topological polar surface area (TPSA) is 70.2 Å². The van der Waals surface area contributed by atoms with Gasteiger partial charge in [-0.2, -0.15) is 0 Å². The molecule has 0 bridgehead atoms. The number of urea groups is 1. The molecule has 0 aliphatic carbocycles. The van der Waals surface area contributed by atoms with Gasteiger partial charge in [0.15, 0.2) is 0 Å². The van der Waals surface area contributed by atoms with Crippen LogP contribution in [0.4, 0.5) is 14.9 Å². The van der Waals surface area contributed by atoms with Gasteiger partial charge in [-0.05, 0) is 55.3 Å². The number of carbonyl (C=O) groups is 2. The molecule has 0 aliphatic heterocycles. The van der Waals surface area contributed by atoms with E-state index < -0.39 is 0 Å². The molecule has 0 fully saturated rings. The highest BCUT2D eigenvalue weighted by molar-refractivity contribution is 5.95. The molecule has 24 heavy (non-hydrogen) atoms. The van der Waals surface area contributed by atoms with Crippen molar-refractivity contribution in [3.8, 4) is 0 Å². The van der Waals surface area contributed by atoms with Crippen LogP contribution in [0.25, 0.3) is 0 Å². The average Bonchev–Trinajstić information content (AvgIpc) is 2.57. The smallest absolute Gasteiger partial charge is 0.319 e. The van der Waals surface area contributed by atoms with Crippen LogP contribution in [0.1, 0.15) is 22.8 Å². The fourth-order valence-electron chi connectivity index (χ4n) is 2.11. The summed E-state index contributed by atoms with van der Waals surface area (Å²) in [6.45, 7) is 2.86. The lowest BCUT2D eigenvalue weighted by Gasteiger charge is -2.08.